The minimum Gasteiger partial charge on any atom is -0.309 e. The third-order valence-corrected chi connectivity index (χ3v) is 17.6. The van der Waals surface area contributed by atoms with Crippen molar-refractivity contribution >= 4 is 65.4 Å². The van der Waals surface area contributed by atoms with E-state index < -0.39 is 0 Å². The minimum absolute atomic E-state index is 0.946. The van der Waals surface area contributed by atoms with E-state index in [1.54, 1.807) is 0 Å². The van der Waals surface area contributed by atoms with E-state index in [4.69, 9.17) is 0 Å². The van der Waals surface area contributed by atoms with Crippen LogP contribution in [0.2, 0.25) is 0 Å². The maximum Gasteiger partial charge on any atom is 0.0550 e. The summed E-state index contributed by atoms with van der Waals surface area (Å²) in [4.78, 5) is 0. The fourth-order valence-corrected chi connectivity index (χ4v) is 13.8. The summed E-state index contributed by atoms with van der Waals surface area (Å²) in [5.41, 5.74) is 27.9. The van der Waals surface area contributed by atoms with Gasteiger partial charge in [-0.3, -0.25) is 0 Å². The number of benzene rings is 13. The Hall–Kier alpha value is -10.7. The first-order valence-corrected chi connectivity index (χ1v) is 31.8. The summed E-state index contributed by atoms with van der Waals surface area (Å²) in [5, 5.41) is 7.67. The first-order chi connectivity index (χ1) is 44.0. The number of aromatic nitrogens is 3. The van der Waals surface area contributed by atoms with Gasteiger partial charge in [-0.25, -0.2) is 0 Å². The van der Waals surface area contributed by atoms with Crippen LogP contribution < -0.4 is 0 Å². The Morgan fingerprint density at radius 3 is 0.787 bits per heavy atom. The van der Waals surface area contributed by atoms with Gasteiger partial charge in [-0.1, -0.05) is 235 Å². The van der Waals surface area contributed by atoms with Crippen LogP contribution in [0.5, 0.6) is 0 Å². The quantitative estimate of drug-likeness (QED) is 0.137. The third kappa shape index (κ3) is 9.90. The maximum absolute atomic E-state index is 2.60. The molecule has 0 aliphatic heterocycles. The number of rotatable bonds is 9. The van der Waals surface area contributed by atoms with Gasteiger partial charge in [-0.05, 0) is 194 Å². The van der Waals surface area contributed by atoms with Crippen LogP contribution in [0.15, 0.2) is 297 Å². The van der Waals surface area contributed by atoms with Gasteiger partial charge in [0.05, 0.1) is 33.1 Å². The Kier molecular flexibility index (Phi) is 14.5. The highest BCUT2D eigenvalue weighted by atomic mass is 15.0. The average molecular weight is 1140 g/mol. The van der Waals surface area contributed by atoms with E-state index in [9.17, 15) is 0 Å². The normalized spacial score (nSPS) is 11.8. The molecule has 0 N–H and O–H groups in total. The molecule has 428 valence electrons. The van der Waals surface area contributed by atoms with Crippen molar-refractivity contribution in [2.75, 3.05) is 0 Å². The molecule has 1 aliphatic carbocycles. The van der Waals surface area contributed by atoms with E-state index in [0.29, 0.717) is 0 Å². The van der Waals surface area contributed by atoms with Crippen molar-refractivity contribution in [3.63, 3.8) is 0 Å². The maximum atomic E-state index is 2.60. The van der Waals surface area contributed by atoms with Gasteiger partial charge in [0.15, 0.2) is 0 Å². The summed E-state index contributed by atoms with van der Waals surface area (Å²) in [5.74, 6) is 0. The topological polar surface area (TPSA) is 14.8 Å². The molecule has 89 heavy (non-hydrogen) atoms. The van der Waals surface area contributed by atoms with Crippen LogP contribution in [0.25, 0.3) is 149 Å². The number of para-hydroxylation sites is 2. The second-order valence-corrected chi connectivity index (χ2v) is 23.8. The Bertz CT molecular complexity index is 4920. The standard InChI is InChI=1S/C80H53N3.2C3H8/c1-7-19-52(20-8-1)56-33-37-73-69(46-56)71-48-58(35-39-75(71)81(73)66-27-15-5-16-28-66)64-41-60-31-32-61-42-65(59-36-40-76-72(49-59)70-47-57(53-21-9-2-10-22-53)34-38-74(70)82(76)67-29-17-6-18-30-67)51-78-80(61)79(60)77(50-64)83(78)68-44-62(54-23-11-3-12-24-54)43-63(45-68)55-25-13-4-14-26-55;2*1-3-2/h1-30,33-51H,31-32H2;2*3H2,1-2H3. The lowest BCUT2D eigenvalue weighted by Crippen LogP contribution is -2.00. The van der Waals surface area contributed by atoms with Crippen molar-refractivity contribution in [2.24, 2.45) is 0 Å². The van der Waals surface area contributed by atoms with Crippen LogP contribution in [0.3, 0.4) is 0 Å². The minimum atomic E-state index is 0.946. The summed E-state index contributed by atoms with van der Waals surface area (Å²) in [7, 11) is 0. The lowest BCUT2D eigenvalue weighted by atomic mass is 9.87. The van der Waals surface area contributed by atoms with Gasteiger partial charge in [0, 0.05) is 49.4 Å². The first-order valence-electron chi connectivity index (χ1n) is 31.8. The predicted octanol–water partition coefficient (Wildman–Crippen LogP) is 23.9. The van der Waals surface area contributed by atoms with E-state index in [0.717, 1.165) is 29.9 Å². The summed E-state index contributed by atoms with van der Waals surface area (Å²) < 4.78 is 7.46. The van der Waals surface area contributed by atoms with Crippen LogP contribution in [0, 0.1) is 0 Å². The van der Waals surface area contributed by atoms with Crippen LogP contribution >= 0.6 is 0 Å². The first kappa shape index (κ1) is 54.9. The molecule has 3 heterocycles. The molecular formula is C86H69N3. The number of nitrogens with zero attached hydrogens (tertiary/aromatic N) is 3. The molecule has 0 radical (unpaired) electrons. The van der Waals surface area contributed by atoms with Gasteiger partial charge in [-0.2, -0.15) is 0 Å². The van der Waals surface area contributed by atoms with Gasteiger partial charge in [-0.15, -0.1) is 0 Å². The molecule has 0 bridgehead atoms. The van der Waals surface area contributed by atoms with E-state index in [1.807, 2.05) is 0 Å². The van der Waals surface area contributed by atoms with Crippen LogP contribution in [-0.2, 0) is 12.8 Å². The molecule has 16 aromatic rings. The Morgan fingerprint density at radius 2 is 0.472 bits per heavy atom. The van der Waals surface area contributed by atoms with Crippen LogP contribution in [-0.4, -0.2) is 13.7 Å². The van der Waals surface area contributed by atoms with Crippen molar-refractivity contribution in [1.82, 2.24) is 13.7 Å². The Labute approximate surface area is 521 Å². The molecule has 0 fully saturated rings. The zero-order valence-corrected chi connectivity index (χ0v) is 51.0. The lowest BCUT2D eigenvalue weighted by Gasteiger charge is -2.16. The fourth-order valence-electron chi connectivity index (χ4n) is 13.8. The Balaban J connectivity index is 0.00000107. The van der Waals surface area contributed by atoms with E-state index in [2.05, 4.69) is 339 Å². The zero-order valence-electron chi connectivity index (χ0n) is 51.0. The number of hydrogen-bond acceptors (Lipinski definition) is 0. The molecule has 0 spiro atoms. The van der Waals surface area contributed by atoms with Crippen molar-refractivity contribution in [1.29, 1.82) is 0 Å². The van der Waals surface area contributed by atoms with Crippen molar-refractivity contribution in [3.8, 4) is 83.8 Å². The molecule has 3 aromatic heterocycles. The Morgan fingerprint density at radius 1 is 0.213 bits per heavy atom. The average Bonchev–Trinajstić information content (AvgIpc) is 1.60. The highest BCUT2D eigenvalue weighted by Gasteiger charge is 2.26. The van der Waals surface area contributed by atoms with Crippen LogP contribution in [0.4, 0.5) is 0 Å². The van der Waals surface area contributed by atoms with Crippen molar-refractivity contribution < 1.29 is 0 Å². The summed E-state index contributed by atoms with van der Waals surface area (Å²) >= 11 is 0. The highest BCUT2D eigenvalue weighted by molar-refractivity contribution is 6.17. The monoisotopic (exact) mass is 1140 g/mol. The molecule has 17 rings (SSSR count). The SMILES string of the molecule is CCC.CCC.c1ccc(-c2cc(-c3ccccc3)cc(-n3c4cc(-c5ccc6c(c5)c5cc(-c7ccccc7)ccc5n6-c5ccccc5)cc5c4c4c(cc(-c6ccc7c(c6)c6cc(-c8ccccc8)ccc6n7-c6ccccc6)cc43)CC5)c2)cc1. The second kappa shape index (κ2) is 23.5. The van der Waals surface area contributed by atoms with Crippen LogP contribution in [0.1, 0.15) is 51.7 Å². The van der Waals surface area contributed by atoms with Gasteiger partial charge < -0.3 is 13.7 Å². The molecule has 3 nitrogen and oxygen atoms in total. The highest BCUT2D eigenvalue weighted by Crippen LogP contribution is 2.47. The third-order valence-electron chi connectivity index (χ3n) is 17.6. The summed E-state index contributed by atoms with van der Waals surface area (Å²) in [6.07, 6.45) is 4.39. The zero-order chi connectivity index (χ0) is 60.0. The molecule has 3 heteroatoms. The second-order valence-electron chi connectivity index (χ2n) is 23.8. The van der Waals surface area contributed by atoms with E-state index in [-0.39, 0.29) is 0 Å². The molecule has 1 aliphatic rings. The predicted molar refractivity (Wildman–Crippen MR) is 381 cm³/mol. The van der Waals surface area contributed by atoms with E-state index >= 15 is 0 Å². The molecule has 0 unspecified atom stereocenters. The van der Waals surface area contributed by atoms with Gasteiger partial charge in [0.25, 0.3) is 0 Å². The van der Waals surface area contributed by atoms with Gasteiger partial charge in [0.1, 0.15) is 0 Å². The van der Waals surface area contributed by atoms with Crippen molar-refractivity contribution in [2.45, 2.75) is 53.4 Å². The fraction of sp³-hybridized carbons (Fsp3) is 0.0930. The molecule has 0 atom stereocenters. The van der Waals surface area contributed by atoms with Gasteiger partial charge >= 0.3 is 0 Å². The molecule has 0 amide bonds. The largest absolute Gasteiger partial charge is 0.309 e. The molecule has 0 saturated heterocycles. The summed E-state index contributed by atoms with van der Waals surface area (Å²) in [6, 6.07) is 110. The summed E-state index contributed by atoms with van der Waals surface area (Å²) in [6.45, 7) is 8.50. The molecular weight excluding hydrogens is 1070 g/mol. The molecule has 0 saturated carbocycles. The smallest absolute Gasteiger partial charge is 0.0550 e. The number of hydrogen-bond donors (Lipinski definition) is 0. The van der Waals surface area contributed by atoms with Crippen molar-refractivity contribution in [3.05, 3.63) is 308 Å². The van der Waals surface area contributed by atoms with E-state index in [1.165, 1.54) is 156 Å². The molecule has 13 aromatic carbocycles. The number of aryl methyl sites for hydroxylation is 2. The van der Waals surface area contributed by atoms with Gasteiger partial charge in [0.2, 0.25) is 0 Å². The number of fused-ring (bicyclic) bond motifs is 6. The lowest BCUT2D eigenvalue weighted by molar-refractivity contribution is 0.970.